The molecule has 1 aliphatic rings. The molecule has 0 spiro atoms. The van der Waals surface area contributed by atoms with Crippen LogP contribution in [0.5, 0.6) is 0 Å². The SMILES string of the molecule is CC(C)(C)[C@H](c1cc(Br)cc(Br)c1)N1CCNCC1. The van der Waals surface area contributed by atoms with Crippen molar-refractivity contribution < 1.29 is 0 Å². The molecule has 2 rings (SSSR count). The summed E-state index contributed by atoms with van der Waals surface area (Å²) in [6.07, 6.45) is 0. The molecule has 1 fully saturated rings. The molecule has 0 unspecified atom stereocenters. The van der Waals surface area contributed by atoms with Crippen LogP contribution in [0.3, 0.4) is 0 Å². The lowest BCUT2D eigenvalue weighted by atomic mass is 9.81. The minimum absolute atomic E-state index is 0.220. The van der Waals surface area contributed by atoms with E-state index in [1.165, 1.54) is 5.56 Å². The summed E-state index contributed by atoms with van der Waals surface area (Å²) in [5, 5.41) is 3.44. The number of hydrogen-bond donors (Lipinski definition) is 1. The molecule has 1 atom stereocenters. The lowest BCUT2D eigenvalue weighted by Crippen LogP contribution is -2.48. The van der Waals surface area contributed by atoms with Crippen molar-refractivity contribution in [2.75, 3.05) is 26.2 Å². The summed E-state index contributed by atoms with van der Waals surface area (Å²) >= 11 is 7.22. The van der Waals surface area contributed by atoms with E-state index in [-0.39, 0.29) is 5.41 Å². The number of nitrogens with one attached hydrogen (secondary N) is 1. The van der Waals surface area contributed by atoms with E-state index in [0.29, 0.717) is 6.04 Å². The van der Waals surface area contributed by atoms with E-state index in [1.807, 2.05) is 0 Å². The van der Waals surface area contributed by atoms with Crippen LogP contribution in [0, 0.1) is 5.41 Å². The number of rotatable bonds is 2. The Kier molecular flexibility index (Phi) is 5.09. The summed E-state index contributed by atoms with van der Waals surface area (Å²) in [5.74, 6) is 0. The van der Waals surface area contributed by atoms with Crippen LogP contribution in [-0.2, 0) is 0 Å². The highest BCUT2D eigenvalue weighted by molar-refractivity contribution is 9.11. The first-order valence-corrected chi connectivity index (χ1v) is 8.37. The summed E-state index contributed by atoms with van der Waals surface area (Å²) in [5.41, 5.74) is 1.60. The van der Waals surface area contributed by atoms with Crippen LogP contribution in [0.4, 0.5) is 0 Å². The van der Waals surface area contributed by atoms with Crippen LogP contribution in [0.15, 0.2) is 27.1 Å². The molecule has 0 amide bonds. The van der Waals surface area contributed by atoms with Crippen molar-refractivity contribution in [2.24, 2.45) is 5.41 Å². The minimum Gasteiger partial charge on any atom is -0.314 e. The fourth-order valence-electron chi connectivity index (χ4n) is 2.93. The van der Waals surface area contributed by atoms with E-state index in [1.54, 1.807) is 0 Å². The first-order chi connectivity index (χ1) is 8.88. The molecule has 1 aromatic carbocycles. The van der Waals surface area contributed by atoms with E-state index in [2.05, 4.69) is 81.0 Å². The molecule has 0 aromatic heterocycles. The second-order valence-corrected chi connectivity index (χ2v) is 8.09. The average molecular weight is 390 g/mol. The third-order valence-corrected chi connectivity index (χ3v) is 4.45. The Balaban J connectivity index is 2.36. The van der Waals surface area contributed by atoms with Crippen molar-refractivity contribution >= 4 is 31.9 Å². The number of hydrogen-bond acceptors (Lipinski definition) is 2. The van der Waals surface area contributed by atoms with Gasteiger partial charge in [-0.2, -0.15) is 0 Å². The monoisotopic (exact) mass is 388 g/mol. The van der Waals surface area contributed by atoms with Gasteiger partial charge in [-0.3, -0.25) is 4.90 Å². The van der Waals surface area contributed by atoms with Gasteiger partial charge in [-0.15, -0.1) is 0 Å². The highest BCUT2D eigenvalue weighted by Crippen LogP contribution is 2.39. The molecule has 0 saturated carbocycles. The molecule has 2 nitrogen and oxygen atoms in total. The van der Waals surface area contributed by atoms with Gasteiger partial charge in [-0.25, -0.2) is 0 Å². The lowest BCUT2D eigenvalue weighted by molar-refractivity contribution is 0.0861. The average Bonchev–Trinajstić information content (AvgIpc) is 2.27. The Bertz CT molecular complexity index is 414. The van der Waals surface area contributed by atoms with Crippen molar-refractivity contribution in [3.63, 3.8) is 0 Å². The Morgan fingerprint density at radius 3 is 2.05 bits per heavy atom. The summed E-state index contributed by atoms with van der Waals surface area (Å²) < 4.78 is 2.28. The van der Waals surface area contributed by atoms with Gasteiger partial charge in [0.1, 0.15) is 0 Å². The van der Waals surface area contributed by atoms with Crippen molar-refractivity contribution in [1.82, 2.24) is 10.2 Å². The predicted molar refractivity (Wildman–Crippen MR) is 88.5 cm³/mol. The van der Waals surface area contributed by atoms with Gasteiger partial charge in [0.15, 0.2) is 0 Å². The molecule has 1 N–H and O–H groups in total. The molecule has 0 aliphatic carbocycles. The second kappa shape index (κ2) is 6.25. The maximum Gasteiger partial charge on any atom is 0.0398 e. The molecule has 4 heteroatoms. The van der Waals surface area contributed by atoms with Crippen LogP contribution in [0.25, 0.3) is 0 Å². The van der Waals surface area contributed by atoms with E-state index >= 15 is 0 Å². The van der Waals surface area contributed by atoms with Gasteiger partial charge >= 0.3 is 0 Å². The summed E-state index contributed by atoms with van der Waals surface area (Å²) in [6.45, 7) is 11.4. The van der Waals surface area contributed by atoms with Crippen molar-refractivity contribution in [3.05, 3.63) is 32.7 Å². The van der Waals surface area contributed by atoms with Gasteiger partial charge < -0.3 is 5.32 Å². The molecule has 0 bridgehead atoms. The Morgan fingerprint density at radius 1 is 1.05 bits per heavy atom. The standard InChI is InChI=1S/C15H22Br2N2/c1-15(2,3)14(19-6-4-18-5-7-19)11-8-12(16)10-13(17)9-11/h8-10,14,18H,4-7H2,1-3H3/t14-/m0/s1. The fraction of sp³-hybridized carbons (Fsp3) is 0.600. The smallest absolute Gasteiger partial charge is 0.0398 e. The largest absolute Gasteiger partial charge is 0.314 e. The minimum atomic E-state index is 0.220. The van der Waals surface area contributed by atoms with Gasteiger partial charge in [-0.05, 0) is 29.2 Å². The number of benzene rings is 1. The zero-order chi connectivity index (χ0) is 14.0. The molecule has 106 valence electrons. The van der Waals surface area contributed by atoms with E-state index in [0.717, 1.165) is 35.1 Å². The third kappa shape index (κ3) is 4.03. The Hall–Kier alpha value is 0.1000. The third-order valence-electron chi connectivity index (χ3n) is 3.54. The number of halogens is 2. The zero-order valence-corrected chi connectivity index (χ0v) is 15.0. The number of nitrogens with zero attached hydrogens (tertiary/aromatic N) is 1. The molecular formula is C15H22Br2N2. The first-order valence-electron chi connectivity index (χ1n) is 6.79. The van der Waals surface area contributed by atoms with E-state index < -0.39 is 0 Å². The molecule has 1 aromatic rings. The molecule has 1 saturated heterocycles. The Labute approximate surface area is 133 Å². The maximum absolute atomic E-state index is 3.61. The van der Waals surface area contributed by atoms with Crippen molar-refractivity contribution in [1.29, 1.82) is 0 Å². The second-order valence-electron chi connectivity index (χ2n) is 6.26. The summed E-state index contributed by atoms with van der Waals surface area (Å²) in [6, 6.07) is 7.05. The van der Waals surface area contributed by atoms with Crippen LogP contribution < -0.4 is 5.32 Å². The van der Waals surface area contributed by atoms with Crippen molar-refractivity contribution in [2.45, 2.75) is 26.8 Å². The molecule has 1 heterocycles. The van der Waals surface area contributed by atoms with Crippen LogP contribution in [0.2, 0.25) is 0 Å². The predicted octanol–water partition coefficient (Wildman–Crippen LogP) is 4.20. The molecule has 1 aliphatic heterocycles. The van der Waals surface area contributed by atoms with Crippen LogP contribution in [-0.4, -0.2) is 31.1 Å². The highest BCUT2D eigenvalue weighted by Gasteiger charge is 2.32. The molecule has 19 heavy (non-hydrogen) atoms. The fourth-order valence-corrected chi connectivity index (χ4v) is 4.26. The van der Waals surface area contributed by atoms with Crippen LogP contribution >= 0.6 is 31.9 Å². The quantitative estimate of drug-likeness (QED) is 0.815. The lowest BCUT2D eigenvalue weighted by Gasteiger charge is -2.42. The summed E-state index contributed by atoms with van der Waals surface area (Å²) in [7, 11) is 0. The van der Waals surface area contributed by atoms with Gasteiger partial charge in [0.05, 0.1) is 0 Å². The van der Waals surface area contributed by atoms with E-state index in [9.17, 15) is 0 Å². The van der Waals surface area contributed by atoms with Crippen LogP contribution in [0.1, 0.15) is 32.4 Å². The molecular weight excluding hydrogens is 368 g/mol. The van der Waals surface area contributed by atoms with E-state index in [4.69, 9.17) is 0 Å². The summed E-state index contributed by atoms with van der Waals surface area (Å²) in [4.78, 5) is 2.60. The Morgan fingerprint density at radius 2 is 1.58 bits per heavy atom. The van der Waals surface area contributed by atoms with Gasteiger partial charge in [-0.1, -0.05) is 52.6 Å². The van der Waals surface area contributed by atoms with Crippen molar-refractivity contribution in [3.8, 4) is 0 Å². The zero-order valence-electron chi connectivity index (χ0n) is 11.8. The van der Waals surface area contributed by atoms with Gasteiger partial charge in [0.2, 0.25) is 0 Å². The highest BCUT2D eigenvalue weighted by atomic mass is 79.9. The molecule has 0 radical (unpaired) electrons. The number of piperazine rings is 1. The normalized spacial score (nSPS) is 19.4. The van der Waals surface area contributed by atoms with Gasteiger partial charge in [0.25, 0.3) is 0 Å². The first kappa shape index (κ1) is 15.5. The topological polar surface area (TPSA) is 15.3 Å². The maximum atomic E-state index is 3.61. The van der Waals surface area contributed by atoms with Gasteiger partial charge in [0, 0.05) is 41.2 Å².